The number of halogens is 4. The van der Waals surface area contributed by atoms with Crippen LogP contribution in [0.3, 0.4) is 0 Å². The monoisotopic (exact) mass is 285 g/mol. The molecule has 0 fully saturated rings. The van der Waals surface area contributed by atoms with Gasteiger partial charge in [-0.3, -0.25) is 0 Å². The van der Waals surface area contributed by atoms with E-state index in [0.717, 1.165) is 12.1 Å². The highest BCUT2D eigenvalue weighted by Crippen LogP contribution is 2.31. The predicted molar refractivity (Wildman–Crippen MR) is 66.4 cm³/mol. The van der Waals surface area contributed by atoms with Crippen LogP contribution in [-0.4, -0.2) is 6.36 Å². The summed E-state index contributed by atoms with van der Waals surface area (Å²) in [4.78, 5) is 0. The number of ether oxygens (including phenoxy) is 1. The molecule has 6 heteroatoms. The molecule has 0 radical (unpaired) electrons. The number of rotatable bonds is 3. The van der Waals surface area contributed by atoms with Gasteiger partial charge in [0, 0.05) is 12.1 Å². The van der Waals surface area contributed by atoms with Crippen molar-refractivity contribution in [3.63, 3.8) is 0 Å². The van der Waals surface area contributed by atoms with Crippen LogP contribution < -0.4 is 10.5 Å². The standard InChI is InChI=1S/C14H11F4NO/c15-12-6-2-4-10(8-19)13(12)9-3-1-5-11(7-9)20-14(16,17)18/h1-7H,8,19H2. The summed E-state index contributed by atoms with van der Waals surface area (Å²) in [5, 5.41) is 0. The first-order valence-corrected chi connectivity index (χ1v) is 5.74. The Bertz CT molecular complexity index is 610. The lowest BCUT2D eigenvalue weighted by atomic mass is 9.99. The van der Waals surface area contributed by atoms with Crippen LogP contribution in [0.25, 0.3) is 11.1 Å². The van der Waals surface area contributed by atoms with Gasteiger partial charge in [-0.25, -0.2) is 4.39 Å². The lowest BCUT2D eigenvalue weighted by Crippen LogP contribution is -2.17. The topological polar surface area (TPSA) is 35.2 Å². The normalized spacial score (nSPS) is 11.4. The second-order valence-corrected chi connectivity index (χ2v) is 4.05. The first kappa shape index (κ1) is 14.3. The van der Waals surface area contributed by atoms with Crippen molar-refractivity contribution in [2.75, 3.05) is 0 Å². The second kappa shape index (κ2) is 5.50. The fourth-order valence-corrected chi connectivity index (χ4v) is 1.91. The van der Waals surface area contributed by atoms with Gasteiger partial charge in [-0.2, -0.15) is 0 Å². The summed E-state index contributed by atoms with van der Waals surface area (Å²) in [7, 11) is 0. The van der Waals surface area contributed by atoms with Crippen LogP contribution >= 0.6 is 0 Å². The molecule has 0 atom stereocenters. The summed E-state index contributed by atoms with van der Waals surface area (Å²) in [6.07, 6.45) is -4.79. The molecule has 0 aliphatic heterocycles. The van der Waals surface area contributed by atoms with Crippen LogP contribution in [-0.2, 0) is 6.54 Å². The lowest BCUT2D eigenvalue weighted by Gasteiger charge is -2.12. The van der Waals surface area contributed by atoms with E-state index in [9.17, 15) is 17.6 Å². The van der Waals surface area contributed by atoms with E-state index in [4.69, 9.17) is 5.73 Å². The van der Waals surface area contributed by atoms with Gasteiger partial charge in [0.15, 0.2) is 0 Å². The third-order valence-electron chi connectivity index (χ3n) is 2.68. The van der Waals surface area contributed by atoms with E-state index in [-0.39, 0.29) is 17.7 Å². The van der Waals surface area contributed by atoms with Gasteiger partial charge in [-0.15, -0.1) is 13.2 Å². The summed E-state index contributed by atoms with van der Waals surface area (Å²) < 4.78 is 54.2. The molecule has 2 nitrogen and oxygen atoms in total. The van der Waals surface area contributed by atoms with Crippen molar-refractivity contribution in [1.82, 2.24) is 0 Å². The molecule has 0 bridgehead atoms. The van der Waals surface area contributed by atoms with E-state index >= 15 is 0 Å². The van der Waals surface area contributed by atoms with Crippen molar-refractivity contribution in [3.8, 4) is 16.9 Å². The summed E-state index contributed by atoms with van der Waals surface area (Å²) in [6, 6.07) is 9.49. The highest BCUT2D eigenvalue weighted by molar-refractivity contribution is 5.69. The Morgan fingerprint density at radius 1 is 1.05 bits per heavy atom. The van der Waals surface area contributed by atoms with Crippen LogP contribution in [0.2, 0.25) is 0 Å². The van der Waals surface area contributed by atoms with Crippen molar-refractivity contribution < 1.29 is 22.3 Å². The molecule has 0 spiro atoms. The Hall–Kier alpha value is -2.08. The molecule has 0 heterocycles. The fourth-order valence-electron chi connectivity index (χ4n) is 1.91. The zero-order valence-corrected chi connectivity index (χ0v) is 10.2. The Balaban J connectivity index is 2.46. The molecule has 0 amide bonds. The SMILES string of the molecule is NCc1cccc(F)c1-c1cccc(OC(F)(F)F)c1. The van der Waals surface area contributed by atoms with Crippen molar-refractivity contribution in [2.45, 2.75) is 12.9 Å². The van der Waals surface area contributed by atoms with Crippen molar-refractivity contribution >= 4 is 0 Å². The summed E-state index contributed by atoms with van der Waals surface area (Å²) >= 11 is 0. The van der Waals surface area contributed by atoms with E-state index in [1.807, 2.05) is 0 Å². The maximum absolute atomic E-state index is 13.9. The summed E-state index contributed by atoms with van der Waals surface area (Å²) in [5.41, 5.74) is 6.49. The Morgan fingerprint density at radius 3 is 2.40 bits per heavy atom. The molecule has 0 saturated carbocycles. The van der Waals surface area contributed by atoms with E-state index in [2.05, 4.69) is 4.74 Å². The molecule has 0 aliphatic rings. The minimum atomic E-state index is -4.79. The van der Waals surface area contributed by atoms with Crippen LogP contribution in [0, 0.1) is 5.82 Å². The van der Waals surface area contributed by atoms with Crippen LogP contribution in [0.1, 0.15) is 5.56 Å². The molecule has 0 aromatic heterocycles. The summed E-state index contributed by atoms with van der Waals surface area (Å²) in [6.45, 7) is 0.0808. The van der Waals surface area contributed by atoms with Gasteiger partial charge in [-0.1, -0.05) is 24.3 Å². The van der Waals surface area contributed by atoms with Crippen molar-refractivity contribution in [3.05, 3.63) is 53.8 Å². The molecule has 2 aromatic rings. The first-order chi connectivity index (χ1) is 9.40. The van der Waals surface area contributed by atoms with E-state index < -0.39 is 17.9 Å². The zero-order chi connectivity index (χ0) is 14.8. The van der Waals surface area contributed by atoms with Gasteiger partial charge in [0.1, 0.15) is 11.6 Å². The van der Waals surface area contributed by atoms with E-state index in [1.54, 1.807) is 6.07 Å². The van der Waals surface area contributed by atoms with Crippen LogP contribution in [0.4, 0.5) is 17.6 Å². The second-order valence-electron chi connectivity index (χ2n) is 4.05. The molecule has 2 rings (SSSR count). The molecule has 2 N–H and O–H groups in total. The third kappa shape index (κ3) is 3.27. The Kier molecular flexibility index (Phi) is 3.94. The van der Waals surface area contributed by atoms with Gasteiger partial charge in [-0.05, 0) is 29.3 Å². The highest BCUT2D eigenvalue weighted by atomic mass is 19.4. The quantitative estimate of drug-likeness (QED) is 0.869. The predicted octanol–water partition coefficient (Wildman–Crippen LogP) is 3.85. The molecular weight excluding hydrogens is 274 g/mol. The van der Waals surface area contributed by atoms with Gasteiger partial charge in [0.2, 0.25) is 0 Å². The smallest absolute Gasteiger partial charge is 0.406 e. The number of alkyl halides is 3. The third-order valence-corrected chi connectivity index (χ3v) is 2.68. The zero-order valence-electron chi connectivity index (χ0n) is 10.2. The van der Waals surface area contributed by atoms with Crippen molar-refractivity contribution in [2.24, 2.45) is 5.73 Å². The molecular formula is C14H11F4NO. The molecule has 106 valence electrons. The molecule has 0 saturated heterocycles. The average Bonchev–Trinajstić information content (AvgIpc) is 2.36. The Morgan fingerprint density at radius 2 is 1.75 bits per heavy atom. The van der Waals surface area contributed by atoms with Gasteiger partial charge in [0.25, 0.3) is 0 Å². The average molecular weight is 285 g/mol. The minimum absolute atomic E-state index is 0.0808. The number of nitrogens with two attached hydrogens (primary N) is 1. The number of benzene rings is 2. The van der Waals surface area contributed by atoms with Crippen molar-refractivity contribution in [1.29, 1.82) is 0 Å². The summed E-state index contributed by atoms with van der Waals surface area (Å²) in [5.74, 6) is -0.946. The number of hydrogen-bond acceptors (Lipinski definition) is 2. The molecule has 0 aliphatic carbocycles. The van der Waals surface area contributed by atoms with Gasteiger partial charge in [0.05, 0.1) is 0 Å². The lowest BCUT2D eigenvalue weighted by molar-refractivity contribution is -0.274. The molecule has 2 aromatic carbocycles. The molecule has 20 heavy (non-hydrogen) atoms. The molecule has 0 unspecified atom stereocenters. The minimum Gasteiger partial charge on any atom is -0.406 e. The van der Waals surface area contributed by atoms with Gasteiger partial charge >= 0.3 is 6.36 Å². The maximum atomic E-state index is 13.9. The van der Waals surface area contributed by atoms with E-state index in [0.29, 0.717) is 5.56 Å². The van der Waals surface area contributed by atoms with Crippen LogP contribution in [0.15, 0.2) is 42.5 Å². The Labute approximate surface area is 112 Å². The number of hydrogen-bond donors (Lipinski definition) is 1. The van der Waals surface area contributed by atoms with Crippen LogP contribution in [0.5, 0.6) is 5.75 Å². The maximum Gasteiger partial charge on any atom is 0.573 e. The largest absolute Gasteiger partial charge is 0.573 e. The van der Waals surface area contributed by atoms with E-state index in [1.165, 1.54) is 24.3 Å². The fraction of sp³-hybridized carbons (Fsp3) is 0.143. The first-order valence-electron chi connectivity index (χ1n) is 5.74. The highest BCUT2D eigenvalue weighted by Gasteiger charge is 2.31. The van der Waals surface area contributed by atoms with Gasteiger partial charge < -0.3 is 10.5 Å².